The first-order valence-corrected chi connectivity index (χ1v) is 6.02. The molecule has 0 bridgehead atoms. The zero-order valence-corrected chi connectivity index (χ0v) is 10.4. The minimum atomic E-state index is -0.378. The van der Waals surface area contributed by atoms with Crippen LogP contribution in [0.15, 0.2) is 48.5 Å². The molecule has 2 aromatic carbocycles. The van der Waals surface area contributed by atoms with E-state index in [4.69, 9.17) is 15.6 Å². The topological polar surface area (TPSA) is 55.5 Å². The third-order valence-electron chi connectivity index (χ3n) is 2.80. The first-order valence-electron chi connectivity index (χ1n) is 6.02. The lowest BCUT2D eigenvalue weighted by atomic mass is 10.1. The van der Waals surface area contributed by atoms with Gasteiger partial charge < -0.3 is 15.6 Å². The highest BCUT2D eigenvalue weighted by Gasteiger charge is 2.04. The monoisotopic (exact) mass is 261 g/mol. The van der Waals surface area contributed by atoms with Crippen LogP contribution in [0, 0.1) is 5.82 Å². The maximum Gasteiger partial charge on any atom is 0.123 e. The van der Waals surface area contributed by atoms with E-state index in [0.717, 1.165) is 11.1 Å². The minimum absolute atomic E-state index is 0.0938. The molecule has 0 saturated heterocycles. The van der Waals surface area contributed by atoms with E-state index in [9.17, 15) is 4.39 Å². The molecule has 0 aliphatic carbocycles. The lowest BCUT2D eigenvalue weighted by Gasteiger charge is -2.10. The number of nitrogens with two attached hydrogens (primary N) is 1. The van der Waals surface area contributed by atoms with Crippen LogP contribution in [0.25, 0.3) is 0 Å². The molecule has 3 nitrogen and oxygen atoms in total. The van der Waals surface area contributed by atoms with E-state index in [1.54, 1.807) is 24.3 Å². The maximum absolute atomic E-state index is 13.0. The van der Waals surface area contributed by atoms with Crippen molar-refractivity contribution < 1.29 is 14.2 Å². The standard InChI is InChI=1S/C15H16FNO2/c16-13-3-1-2-11(8-13)10-19-14-6-4-12(5-7-14)15(17)9-18/h1-8,15,18H,9-10,17H2/t15-/m1/s1. The molecule has 0 aliphatic heterocycles. The van der Waals surface area contributed by atoms with Crippen molar-refractivity contribution in [3.63, 3.8) is 0 Å². The number of halogens is 1. The van der Waals surface area contributed by atoms with Crippen molar-refractivity contribution in [3.05, 3.63) is 65.5 Å². The van der Waals surface area contributed by atoms with E-state index in [1.807, 2.05) is 12.1 Å². The van der Waals surface area contributed by atoms with Gasteiger partial charge in [0.05, 0.1) is 12.6 Å². The SMILES string of the molecule is N[C@H](CO)c1ccc(OCc2cccc(F)c2)cc1. The molecule has 1 atom stereocenters. The Morgan fingerprint density at radius 3 is 2.53 bits per heavy atom. The van der Waals surface area contributed by atoms with Gasteiger partial charge in [0.2, 0.25) is 0 Å². The Labute approximate surface area is 111 Å². The first-order chi connectivity index (χ1) is 9.19. The van der Waals surface area contributed by atoms with Gasteiger partial charge in [-0.2, -0.15) is 0 Å². The fraction of sp³-hybridized carbons (Fsp3) is 0.200. The summed E-state index contributed by atoms with van der Waals surface area (Å²) in [6, 6.07) is 13.1. The van der Waals surface area contributed by atoms with Gasteiger partial charge in [0.15, 0.2) is 0 Å². The molecule has 3 N–H and O–H groups in total. The van der Waals surface area contributed by atoms with Gasteiger partial charge in [-0.05, 0) is 35.4 Å². The molecule has 2 aromatic rings. The molecule has 0 aromatic heterocycles. The Morgan fingerprint density at radius 1 is 1.16 bits per heavy atom. The van der Waals surface area contributed by atoms with Crippen molar-refractivity contribution in [1.29, 1.82) is 0 Å². The van der Waals surface area contributed by atoms with Gasteiger partial charge in [-0.1, -0.05) is 24.3 Å². The van der Waals surface area contributed by atoms with Crippen LogP contribution < -0.4 is 10.5 Å². The maximum atomic E-state index is 13.0. The zero-order valence-electron chi connectivity index (χ0n) is 10.4. The third kappa shape index (κ3) is 3.77. The second-order valence-electron chi connectivity index (χ2n) is 4.28. The summed E-state index contributed by atoms with van der Waals surface area (Å²) in [5.74, 6) is 0.406. The smallest absolute Gasteiger partial charge is 0.123 e. The van der Waals surface area contributed by atoms with E-state index in [2.05, 4.69) is 0 Å². The number of hydrogen-bond donors (Lipinski definition) is 2. The molecule has 0 unspecified atom stereocenters. The molecular weight excluding hydrogens is 245 g/mol. The van der Waals surface area contributed by atoms with E-state index in [0.29, 0.717) is 12.4 Å². The van der Waals surface area contributed by atoms with Crippen molar-refractivity contribution in [2.45, 2.75) is 12.6 Å². The van der Waals surface area contributed by atoms with Gasteiger partial charge in [0.25, 0.3) is 0 Å². The highest BCUT2D eigenvalue weighted by molar-refractivity contribution is 5.29. The molecule has 0 saturated carbocycles. The van der Waals surface area contributed by atoms with Crippen LogP contribution >= 0.6 is 0 Å². The zero-order chi connectivity index (χ0) is 13.7. The normalized spacial score (nSPS) is 12.2. The summed E-state index contributed by atoms with van der Waals surface area (Å²) in [7, 11) is 0. The predicted octanol–water partition coefficient (Wildman–Crippen LogP) is 2.40. The fourth-order valence-electron chi connectivity index (χ4n) is 1.71. The molecule has 0 amide bonds. The summed E-state index contributed by atoms with van der Waals surface area (Å²) in [6.07, 6.45) is 0. The summed E-state index contributed by atoms with van der Waals surface area (Å²) in [5, 5.41) is 8.94. The Kier molecular flexibility index (Phi) is 4.49. The first kappa shape index (κ1) is 13.5. The van der Waals surface area contributed by atoms with Gasteiger partial charge in [-0.3, -0.25) is 0 Å². The lowest BCUT2D eigenvalue weighted by Crippen LogP contribution is -2.14. The fourth-order valence-corrected chi connectivity index (χ4v) is 1.71. The van der Waals surface area contributed by atoms with Crippen molar-refractivity contribution in [3.8, 4) is 5.75 Å². The second kappa shape index (κ2) is 6.31. The lowest BCUT2D eigenvalue weighted by molar-refractivity contribution is 0.267. The van der Waals surface area contributed by atoms with Crippen molar-refractivity contribution >= 4 is 0 Å². The Bertz CT molecular complexity index is 528. The highest BCUT2D eigenvalue weighted by Crippen LogP contribution is 2.17. The summed E-state index contributed by atoms with van der Waals surface area (Å²) >= 11 is 0. The van der Waals surface area contributed by atoms with Gasteiger partial charge in [-0.25, -0.2) is 4.39 Å². The Hall–Kier alpha value is -1.91. The van der Waals surface area contributed by atoms with Gasteiger partial charge in [0.1, 0.15) is 18.2 Å². The number of rotatable bonds is 5. The largest absolute Gasteiger partial charge is 0.489 e. The van der Waals surface area contributed by atoms with Gasteiger partial charge in [-0.15, -0.1) is 0 Å². The second-order valence-corrected chi connectivity index (χ2v) is 4.28. The predicted molar refractivity (Wildman–Crippen MR) is 71.2 cm³/mol. The van der Waals surface area contributed by atoms with Crippen LogP contribution in [0.1, 0.15) is 17.2 Å². The molecule has 0 heterocycles. The minimum Gasteiger partial charge on any atom is -0.489 e. The molecule has 0 radical (unpaired) electrons. The average molecular weight is 261 g/mol. The number of ether oxygens (including phenoxy) is 1. The highest BCUT2D eigenvalue weighted by atomic mass is 19.1. The molecule has 19 heavy (non-hydrogen) atoms. The molecule has 4 heteroatoms. The summed E-state index contributed by atoms with van der Waals surface area (Å²) in [4.78, 5) is 0. The molecule has 100 valence electrons. The van der Waals surface area contributed by atoms with Crippen molar-refractivity contribution in [2.75, 3.05) is 6.61 Å². The van der Waals surface area contributed by atoms with E-state index < -0.39 is 0 Å². The van der Waals surface area contributed by atoms with Gasteiger partial charge >= 0.3 is 0 Å². The van der Waals surface area contributed by atoms with Crippen LogP contribution in [-0.2, 0) is 6.61 Å². The number of aliphatic hydroxyl groups is 1. The van der Waals surface area contributed by atoms with E-state index in [1.165, 1.54) is 12.1 Å². The van der Waals surface area contributed by atoms with Crippen molar-refractivity contribution in [1.82, 2.24) is 0 Å². The van der Waals surface area contributed by atoms with Crippen LogP contribution in [0.3, 0.4) is 0 Å². The Morgan fingerprint density at radius 2 is 1.89 bits per heavy atom. The number of benzene rings is 2. The van der Waals surface area contributed by atoms with Crippen LogP contribution in [0.2, 0.25) is 0 Å². The Balaban J connectivity index is 1.96. The van der Waals surface area contributed by atoms with Crippen LogP contribution in [0.5, 0.6) is 5.75 Å². The third-order valence-corrected chi connectivity index (χ3v) is 2.80. The molecule has 0 spiro atoms. The molecular formula is C15H16FNO2. The quantitative estimate of drug-likeness (QED) is 0.869. The van der Waals surface area contributed by atoms with E-state index in [-0.39, 0.29) is 18.5 Å². The molecule has 0 aliphatic rings. The van der Waals surface area contributed by atoms with E-state index >= 15 is 0 Å². The summed E-state index contributed by atoms with van der Waals surface area (Å²) in [6.45, 7) is 0.215. The van der Waals surface area contributed by atoms with Crippen LogP contribution in [-0.4, -0.2) is 11.7 Å². The molecule has 2 rings (SSSR count). The van der Waals surface area contributed by atoms with Gasteiger partial charge in [0, 0.05) is 0 Å². The average Bonchev–Trinajstić information content (AvgIpc) is 2.45. The van der Waals surface area contributed by atoms with Crippen molar-refractivity contribution in [2.24, 2.45) is 5.73 Å². The summed E-state index contributed by atoms with van der Waals surface area (Å²) in [5.41, 5.74) is 7.32. The van der Waals surface area contributed by atoms with Crippen LogP contribution in [0.4, 0.5) is 4.39 Å². The molecule has 0 fully saturated rings. The summed E-state index contributed by atoms with van der Waals surface area (Å²) < 4.78 is 18.5. The number of hydrogen-bond acceptors (Lipinski definition) is 3. The number of aliphatic hydroxyl groups excluding tert-OH is 1.